The normalized spacial score (nSPS) is 30.6. The minimum atomic E-state index is -0.675. The zero-order chi connectivity index (χ0) is 37.9. The van der Waals surface area contributed by atoms with Crippen LogP contribution in [0.15, 0.2) is 11.6 Å². The fraction of sp³-hybridized carbons (Fsp3) is 0.850. The van der Waals surface area contributed by atoms with Crippen LogP contribution in [0.5, 0.6) is 0 Å². The molecule has 0 heterocycles. The van der Waals surface area contributed by atoms with E-state index in [9.17, 15) is 9.59 Å². The largest absolute Gasteiger partial charge is 0.460 e. The fourth-order valence-corrected chi connectivity index (χ4v) is 10.7. The lowest BCUT2D eigenvalue weighted by molar-refractivity contribution is -0.157. The second-order valence-electron chi connectivity index (χ2n) is 17.2. The molecule has 0 aliphatic heterocycles. The van der Waals surface area contributed by atoms with Gasteiger partial charge in [0.05, 0.1) is 19.8 Å². The number of allylic oxidation sites excluding steroid dienone is 1. The first-order valence-corrected chi connectivity index (χ1v) is 20.2. The maximum Gasteiger partial charge on any atom is 0.332 e. The minimum Gasteiger partial charge on any atom is -0.460 e. The first kappa shape index (κ1) is 41.9. The van der Waals surface area contributed by atoms with Crippen LogP contribution in [0.25, 0.3) is 0 Å². The van der Waals surface area contributed by atoms with E-state index < -0.39 is 6.04 Å². The molecule has 52 heavy (non-hydrogen) atoms. The van der Waals surface area contributed by atoms with Crippen LogP contribution in [0.2, 0.25) is 0 Å². The number of nitrogens with two attached hydrogens (primary N) is 2. The number of hydrogen-bond acceptors (Lipinski definition) is 7. The van der Waals surface area contributed by atoms with E-state index >= 15 is 0 Å². The van der Waals surface area contributed by atoms with Gasteiger partial charge in [-0.3, -0.25) is 15.6 Å². The van der Waals surface area contributed by atoms with Gasteiger partial charge in [-0.25, -0.2) is 4.79 Å². The van der Waals surface area contributed by atoms with E-state index in [1.165, 1.54) is 56.9 Å². The summed E-state index contributed by atoms with van der Waals surface area (Å²) in [6, 6.07) is -0.675. The van der Waals surface area contributed by atoms with Crippen LogP contribution in [-0.4, -0.2) is 75.5 Å². The maximum absolute atomic E-state index is 12.7. The van der Waals surface area contributed by atoms with Crippen molar-refractivity contribution in [1.29, 1.82) is 10.8 Å². The average Bonchev–Trinajstić information content (AvgIpc) is 3.44. The van der Waals surface area contributed by atoms with Crippen molar-refractivity contribution in [3.63, 3.8) is 0 Å². The number of rotatable bonds is 20. The number of nitrogens with one attached hydrogen (secondary N) is 5. The first-order chi connectivity index (χ1) is 24.7. The molecule has 12 heteroatoms. The number of fused-ring (bicyclic) bond motifs is 5. The summed E-state index contributed by atoms with van der Waals surface area (Å²) >= 11 is 0. The van der Waals surface area contributed by atoms with Gasteiger partial charge in [0, 0.05) is 19.5 Å². The number of esters is 1. The van der Waals surface area contributed by atoms with E-state index in [1.54, 1.807) is 0 Å². The Balaban J connectivity index is 1.12. The molecule has 3 saturated carbocycles. The molecular formula is C40H71N7O5. The monoisotopic (exact) mass is 730 g/mol. The van der Waals surface area contributed by atoms with Crippen molar-refractivity contribution in [2.24, 2.45) is 57.8 Å². The highest BCUT2D eigenvalue weighted by atomic mass is 16.6. The summed E-state index contributed by atoms with van der Waals surface area (Å²) in [6.07, 6.45) is 17.1. The smallest absolute Gasteiger partial charge is 0.332 e. The van der Waals surface area contributed by atoms with Gasteiger partial charge in [0.1, 0.15) is 18.8 Å². The highest BCUT2D eigenvalue weighted by molar-refractivity contribution is 5.87. The molecule has 0 saturated heterocycles. The van der Waals surface area contributed by atoms with Crippen molar-refractivity contribution >= 4 is 23.8 Å². The van der Waals surface area contributed by atoms with Gasteiger partial charge in [-0.15, -0.1) is 0 Å². The van der Waals surface area contributed by atoms with Crippen LogP contribution in [-0.2, 0) is 23.8 Å². The van der Waals surface area contributed by atoms with E-state index in [-0.39, 0.29) is 68.3 Å². The lowest BCUT2D eigenvalue weighted by atomic mass is 9.47. The molecule has 9 unspecified atom stereocenters. The van der Waals surface area contributed by atoms with Gasteiger partial charge < -0.3 is 41.6 Å². The molecule has 1 amide bonds. The summed E-state index contributed by atoms with van der Waals surface area (Å²) in [5.74, 6) is 3.82. The van der Waals surface area contributed by atoms with Gasteiger partial charge in [0.25, 0.3) is 0 Å². The Morgan fingerprint density at radius 1 is 0.885 bits per heavy atom. The molecule has 12 nitrogen and oxygen atoms in total. The fourth-order valence-electron chi connectivity index (χ4n) is 10.7. The van der Waals surface area contributed by atoms with Gasteiger partial charge in [-0.2, -0.15) is 0 Å². The third kappa shape index (κ3) is 11.1. The van der Waals surface area contributed by atoms with Gasteiger partial charge in [-0.05, 0) is 104 Å². The number of hydrogen-bond donors (Lipinski definition) is 7. The van der Waals surface area contributed by atoms with Crippen molar-refractivity contribution in [1.82, 2.24) is 16.0 Å². The third-order valence-corrected chi connectivity index (χ3v) is 13.3. The number of guanidine groups is 2. The number of carbonyl (C=O) groups excluding carboxylic acids is 2. The van der Waals surface area contributed by atoms with Crippen molar-refractivity contribution in [2.45, 2.75) is 130 Å². The van der Waals surface area contributed by atoms with E-state index in [2.05, 4.69) is 56.6 Å². The van der Waals surface area contributed by atoms with Gasteiger partial charge in [-0.1, -0.05) is 65.5 Å². The van der Waals surface area contributed by atoms with E-state index in [1.807, 2.05) is 0 Å². The molecule has 9 atom stereocenters. The van der Waals surface area contributed by atoms with Crippen LogP contribution < -0.4 is 27.4 Å². The molecule has 4 rings (SSSR count). The number of ether oxygens (including phenoxy) is 3. The highest BCUT2D eigenvalue weighted by Gasteiger charge is 2.59. The molecule has 0 aromatic carbocycles. The number of carbonyl (C=O) groups is 2. The standard InChI is InChI=1S/C40H71N7O5/c1-26(2)8-6-9-27(3)31-13-14-32-30-12-11-28-24-29(15-17-39(28,4)33(30)16-18-40(31,32)5)52-35(48)25-51-23-22-50-21-20-45-36(49)34(47-38(43)44)10-7-19-46-37(41)42/h11,26-27,29-34H,6-10,12-25H2,1-5H3,(H,45,49)(H4,41,42,46)(H4,43,44,47). The molecule has 0 radical (unpaired) electrons. The van der Waals surface area contributed by atoms with Crippen LogP contribution in [0.4, 0.5) is 0 Å². The predicted octanol–water partition coefficient (Wildman–Crippen LogP) is 5.20. The summed E-state index contributed by atoms with van der Waals surface area (Å²) in [4.78, 5) is 25.2. The predicted molar refractivity (Wildman–Crippen MR) is 206 cm³/mol. The Morgan fingerprint density at radius 3 is 2.38 bits per heavy atom. The summed E-state index contributed by atoms with van der Waals surface area (Å²) in [7, 11) is 0. The van der Waals surface area contributed by atoms with Gasteiger partial charge >= 0.3 is 5.97 Å². The third-order valence-electron chi connectivity index (χ3n) is 13.3. The van der Waals surface area contributed by atoms with E-state index in [0.29, 0.717) is 24.8 Å². The summed E-state index contributed by atoms with van der Waals surface area (Å²) in [5.41, 5.74) is 12.9. The minimum absolute atomic E-state index is 0.0880. The SMILES string of the molecule is CC(C)CCCC(C)C1CCC2C3CC=C4CC(OC(=O)COCCOCCNC(=O)C(CCCNC(=N)N)NC(=N)N)CCC4(C)C3CCC12C. The molecule has 3 fully saturated rings. The van der Waals surface area contributed by atoms with Crippen LogP contribution in [0, 0.1) is 57.2 Å². The lowest BCUT2D eigenvalue weighted by Crippen LogP contribution is -2.51. The van der Waals surface area contributed by atoms with E-state index in [0.717, 1.165) is 54.8 Å². The number of amides is 1. The van der Waals surface area contributed by atoms with Crippen LogP contribution in [0.3, 0.4) is 0 Å². The Labute approximate surface area is 313 Å². The topological polar surface area (TPSA) is 198 Å². The van der Waals surface area contributed by atoms with Crippen molar-refractivity contribution < 1.29 is 23.8 Å². The van der Waals surface area contributed by atoms with Crippen molar-refractivity contribution in [3.8, 4) is 0 Å². The van der Waals surface area contributed by atoms with E-state index in [4.69, 9.17) is 36.5 Å². The molecule has 4 aliphatic carbocycles. The second-order valence-corrected chi connectivity index (χ2v) is 17.2. The molecular weight excluding hydrogens is 658 g/mol. The quantitative estimate of drug-likeness (QED) is 0.0289. The summed E-state index contributed by atoms with van der Waals surface area (Å²) < 4.78 is 17.0. The van der Waals surface area contributed by atoms with Crippen LogP contribution >= 0.6 is 0 Å². The molecule has 0 aromatic heterocycles. The Morgan fingerprint density at radius 2 is 1.65 bits per heavy atom. The van der Waals surface area contributed by atoms with Crippen molar-refractivity contribution in [2.75, 3.05) is 39.5 Å². The average molecular weight is 730 g/mol. The Kier molecular flexibility index (Phi) is 15.7. The highest BCUT2D eigenvalue weighted by Crippen LogP contribution is 2.67. The molecule has 9 N–H and O–H groups in total. The zero-order valence-corrected chi connectivity index (χ0v) is 32.8. The first-order valence-electron chi connectivity index (χ1n) is 20.2. The molecule has 0 spiro atoms. The lowest BCUT2D eigenvalue weighted by Gasteiger charge is -2.58. The Hall–Kier alpha value is -2.86. The van der Waals surface area contributed by atoms with Crippen molar-refractivity contribution in [3.05, 3.63) is 11.6 Å². The molecule has 0 aromatic rings. The zero-order valence-electron chi connectivity index (χ0n) is 32.8. The second kappa shape index (κ2) is 19.5. The van der Waals surface area contributed by atoms with Crippen LogP contribution in [0.1, 0.15) is 118 Å². The molecule has 296 valence electrons. The summed E-state index contributed by atoms with van der Waals surface area (Å²) in [5, 5.41) is 22.8. The maximum atomic E-state index is 12.7. The Bertz CT molecular complexity index is 1240. The molecule has 4 aliphatic rings. The van der Waals surface area contributed by atoms with Gasteiger partial charge in [0.2, 0.25) is 5.91 Å². The molecule has 0 bridgehead atoms. The van der Waals surface area contributed by atoms with Gasteiger partial charge in [0.15, 0.2) is 11.9 Å². The summed E-state index contributed by atoms with van der Waals surface area (Å²) in [6.45, 7) is 13.8.